The standard InChI is InChI=1S/C12H16FN3O2/c13-9-7-8(11(14)12(17)18)1-2-10(9)16-5-3-15-4-6-16/h1-2,7,11,15H,3-6,14H2,(H,17,18)/t11-/m0/s1. The highest BCUT2D eigenvalue weighted by molar-refractivity contribution is 5.75. The smallest absolute Gasteiger partial charge is 0.325 e. The van der Waals surface area contributed by atoms with Crippen LogP contribution in [-0.4, -0.2) is 37.3 Å². The average molecular weight is 253 g/mol. The van der Waals surface area contributed by atoms with Crippen LogP contribution in [0.2, 0.25) is 0 Å². The van der Waals surface area contributed by atoms with E-state index >= 15 is 0 Å². The number of nitrogens with one attached hydrogen (secondary N) is 1. The zero-order valence-corrected chi connectivity index (χ0v) is 9.90. The molecule has 0 radical (unpaired) electrons. The molecule has 6 heteroatoms. The fraction of sp³-hybridized carbons (Fsp3) is 0.417. The third kappa shape index (κ3) is 2.60. The Hall–Kier alpha value is -1.66. The van der Waals surface area contributed by atoms with Gasteiger partial charge in [-0.1, -0.05) is 6.07 Å². The monoisotopic (exact) mass is 253 g/mol. The van der Waals surface area contributed by atoms with Crippen molar-refractivity contribution in [3.63, 3.8) is 0 Å². The molecule has 0 amide bonds. The van der Waals surface area contributed by atoms with Crippen LogP contribution in [0.3, 0.4) is 0 Å². The Kier molecular flexibility index (Phi) is 3.78. The number of benzene rings is 1. The molecule has 2 rings (SSSR count). The van der Waals surface area contributed by atoms with Crippen LogP contribution in [0.1, 0.15) is 11.6 Å². The van der Waals surface area contributed by atoms with Crippen LogP contribution < -0.4 is 16.0 Å². The van der Waals surface area contributed by atoms with Gasteiger partial charge in [-0.25, -0.2) is 4.39 Å². The van der Waals surface area contributed by atoms with Gasteiger partial charge in [0.1, 0.15) is 11.9 Å². The Morgan fingerprint density at radius 1 is 1.44 bits per heavy atom. The predicted octanol–water partition coefficient (Wildman–Crippen LogP) is 0.320. The lowest BCUT2D eigenvalue weighted by atomic mass is 10.1. The second-order valence-corrected chi connectivity index (χ2v) is 4.26. The number of nitrogens with zero attached hydrogens (tertiary/aromatic N) is 1. The molecule has 1 fully saturated rings. The van der Waals surface area contributed by atoms with Gasteiger partial charge in [-0.05, 0) is 17.7 Å². The fourth-order valence-corrected chi connectivity index (χ4v) is 2.02. The first kappa shape index (κ1) is 12.8. The average Bonchev–Trinajstić information content (AvgIpc) is 2.38. The lowest BCUT2D eigenvalue weighted by Crippen LogP contribution is -2.43. The molecule has 0 spiro atoms. The summed E-state index contributed by atoms with van der Waals surface area (Å²) in [6.45, 7) is 3.11. The van der Waals surface area contributed by atoms with Crippen LogP contribution in [0.25, 0.3) is 0 Å². The van der Waals surface area contributed by atoms with Gasteiger partial charge >= 0.3 is 5.97 Å². The van der Waals surface area contributed by atoms with Crippen LogP contribution in [0.4, 0.5) is 10.1 Å². The molecule has 0 aliphatic carbocycles. The topological polar surface area (TPSA) is 78.6 Å². The van der Waals surface area contributed by atoms with E-state index in [-0.39, 0.29) is 5.56 Å². The molecule has 0 bridgehead atoms. The Morgan fingerprint density at radius 3 is 2.67 bits per heavy atom. The Labute approximate surface area is 104 Å². The van der Waals surface area contributed by atoms with Gasteiger partial charge in [0, 0.05) is 26.2 Å². The van der Waals surface area contributed by atoms with Crippen molar-refractivity contribution in [2.45, 2.75) is 6.04 Å². The summed E-state index contributed by atoms with van der Waals surface area (Å²) in [6, 6.07) is 3.19. The first-order valence-electron chi connectivity index (χ1n) is 5.83. The number of carboxylic acids is 1. The molecule has 1 heterocycles. The van der Waals surface area contributed by atoms with Crippen LogP contribution in [0.15, 0.2) is 18.2 Å². The van der Waals surface area contributed by atoms with Gasteiger partial charge in [-0.15, -0.1) is 0 Å². The maximum Gasteiger partial charge on any atom is 0.325 e. The normalized spacial score (nSPS) is 17.6. The number of carbonyl (C=O) groups is 1. The number of carboxylic acid groups (broad SMARTS) is 1. The lowest BCUT2D eigenvalue weighted by molar-refractivity contribution is -0.138. The number of rotatable bonds is 3. The van der Waals surface area contributed by atoms with Crippen molar-refractivity contribution < 1.29 is 14.3 Å². The number of halogens is 1. The van der Waals surface area contributed by atoms with E-state index in [4.69, 9.17) is 10.8 Å². The number of hydrogen-bond acceptors (Lipinski definition) is 4. The summed E-state index contributed by atoms with van der Waals surface area (Å²) in [4.78, 5) is 12.7. The second kappa shape index (κ2) is 5.32. The largest absolute Gasteiger partial charge is 0.480 e. The van der Waals surface area contributed by atoms with Crippen molar-refractivity contribution in [1.82, 2.24) is 5.32 Å². The van der Waals surface area contributed by atoms with Gasteiger partial charge in [0.25, 0.3) is 0 Å². The second-order valence-electron chi connectivity index (χ2n) is 4.26. The summed E-state index contributed by atoms with van der Waals surface area (Å²) in [7, 11) is 0. The molecule has 1 aromatic rings. The van der Waals surface area contributed by atoms with Gasteiger partial charge in [0.2, 0.25) is 0 Å². The molecule has 0 saturated carbocycles. The Bertz CT molecular complexity index is 447. The summed E-state index contributed by atoms with van der Waals surface area (Å²) >= 11 is 0. The molecule has 1 aliphatic rings. The maximum absolute atomic E-state index is 13.9. The van der Waals surface area contributed by atoms with Crippen molar-refractivity contribution in [3.05, 3.63) is 29.6 Å². The van der Waals surface area contributed by atoms with E-state index < -0.39 is 17.8 Å². The lowest BCUT2D eigenvalue weighted by Gasteiger charge is -2.29. The van der Waals surface area contributed by atoms with Crippen LogP contribution >= 0.6 is 0 Å². The van der Waals surface area contributed by atoms with Crippen LogP contribution in [0, 0.1) is 5.82 Å². The zero-order valence-electron chi connectivity index (χ0n) is 9.90. The molecule has 1 aromatic carbocycles. The predicted molar refractivity (Wildman–Crippen MR) is 66.0 cm³/mol. The minimum absolute atomic E-state index is 0.277. The molecule has 1 aliphatic heterocycles. The quantitative estimate of drug-likeness (QED) is 0.723. The summed E-state index contributed by atoms with van der Waals surface area (Å²) in [5.74, 6) is -1.59. The fourth-order valence-electron chi connectivity index (χ4n) is 2.02. The van der Waals surface area contributed by atoms with Gasteiger partial charge in [0.15, 0.2) is 0 Å². The summed E-state index contributed by atoms with van der Waals surface area (Å²) in [5, 5.41) is 12.0. The van der Waals surface area contributed by atoms with Crippen molar-refractivity contribution in [1.29, 1.82) is 0 Å². The molecule has 0 unspecified atom stereocenters. The van der Waals surface area contributed by atoms with E-state index in [0.717, 1.165) is 26.2 Å². The first-order valence-corrected chi connectivity index (χ1v) is 5.83. The third-order valence-electron chi connectivity index (χ3n) is 3.05. The van der Waals surface area contributed by atoms with E-state index in [9.17, 15) is 9.18 Å². The molecule has 18 heavy (non-hydrogen) atoms. The first-order chi connectivity index (χ1) is 8.59. The van der Waals surface area contributed by atoms with E-state index in [1.807, 2.05) is 4.90 Å². The van der Waals surface area contributed by atoms with Crippen molar-refractivity contribution in [2.24, 2.45) is 5.73 Å². The summed E-state index contributed by atoms with van der Waals surface area (Å²) in [5.41, 5.74) is 6.22. The summed E-state index contributed by atoms with van der Waals surface area (Å²) < 4.78 is 13.9. The maximum atomic E-state index is 13.9. The highest BCUT2D eigenvalue weighted by Gasteiger charge is 2.19. The van der Waals surface area contributed by atoms with E-state index in [2.05, 4.69) is 5.32 Å². The zero-order chi connectivity index (χ0) is 13.1. The minimum atomic E-state index is -1.18. The van der Waals surface area contributed by atoms with Gasteiger partial charge < -0.3 is 21.1 Å². The molecule has 1 saturated heterocycles. The van der Waals surface area contributed by atoms with Crippen molar-refractivity contribution in [2.75, 3.05) is 31.1 Å². The van der Waals surface area contributed by atoms with E-state index in [0.29, 0.717) is 5.69 Å². The third-order valence-corrected chi connectivity index (χ3v) is 3.05. The molecular formula is C12H16FN3O2. The van der Waals surface area contributed by atoms with E-state index in [1.165, 1.54) is 6.07 Å². The number of piperazine rings is 1. The highest BCUT2D eigenvalue weighted by Crippen LogP contribution is 2.23. The SMILES string of the molecule is N[C@H](C(=O)O)c1ccc(N2CCNCC2)c(F)c1. The molecule has 1 atom stereocenters. The number of anilines is 1. The number of aliphatic carboxylic acids is 1. The van der Waals surface area contributed by atoms with E-state index in [1.54, 1.807) is 12.1 Å². The number of nitrogens with two attached hydrogens (primary N) is 1. The van der Waals surface area contributed by atoms with Crippen molar-refractivity contribution in [3.8, 4) is 0 Å². The molecule has 5 nitrogen and oxygen atoms in total. The van der Waals surface area contributed by atoms with Crippen LogP contribution in [0.5, 0.6) is 0 Å². The van der Waals surface area contributed by atoms with Gasteiger partial charge in [-0.3, -0.25) is 4.79 Å². The molecule has 4 N–H and O–H groups in total. The Morgan fingerprint density at radius 2 is 2.11 bits per heavy atom. The van der Waals surface area contributed by atoms with Gasteiger partial charge in [0.05, 0.1) is 5.69 Å². The summed E-state index contributed by atoms with van der Waals surface area (Å²) in [6.07, 6.45) is 0. The number of hydrogen-bond donors (Lipinski definition) is 3. The Balaban J connectivity index is 2.21. The molecular weight excluding hydrogens is 237 g/mol. The molecule has 0 aromatic heterocycles. The highest BCUT2D eigenvalue weighted by atomic mass is 19.1. The van der Waals surface area contributed by atoms with Crippen molar-refractivity contribution >= 4 is 11.7 Å². The molecule has 98 valence electrons. The van der Waals surface area contributed by atoms with Crippen LogP contribution in [-0.2, 0) is 4.79 Å². The minimum Gasteiger partial charge on any atom is -0.480 e. The van der Waals surface area contributed by atoms with Gasteiger partial charge in [-0.2, -0.15) is 0 Å².